The first-order valence-corrected chi connectivity index (χ1v) is 17.7. The SMILES string of the molecule is c1ccc(-c2ccc(-c3nc4ccccc4nc3-n3c4ccc(-n5c6ccccc6c6ccccc65)cc4c4cc5ccccc5cc43)cc2)cc1. The molecule has 0 fully saturated rings. The predicted octanol–water partition coefficient (Wildman–Crippen LogP) is 12.3. The maximum Gasteiger partial charge on any atom is 0.165 e. The maximum atomic E-state index is 5.40. The average molecular weight is 663 g/mol. The van der Waals surface area contributed by atoms with Crippen molar-refractivity contribution in [3.63, 3.8) is 0 Å². The highest BCUT2D eigenvalue weighted by atomic mass is 15.1. The van der Waals surface area contributed by atoms with Crippen molar-refractivity contribution in [2.75, 3.05) is 0 Å². The van der Waals surface area contributed by atoms with Gasteiger partial charge in [0.1, 0.15) is 5.69 Å². The Hall–Kier alpha value is -7.04. The molecule has 52 heavy (non-hydrogen) atoms. The van der Waals surface area contributed by atoms with Crippen molar-refractivity contribution >= 4 is 65.4 Å². The van der Waals surface area contributed by atoms with E-state index >= 15 is 0 Å². The summed E-state index contributed by atoms with van der Waals surface area (Å²) in [5.41, 5.74) is 11.6. The van der Waals surface area contributed by atoms with Crippen molar-refractivity contribution in [3.8, 4) is 33.9 Å². The van der Waals surface area contributed by atoms with E-state index < -0.39 is 0 Å². The van der Waals surface area contributed by atoms with Crippen molar-refractivity contribution < 1.29 is 0 Å². The van der Waals surface area contributed by atoms with Crippen LogP contribution in [0.1, 0.15) is 0 Å². The molecule has 4 nitrogen and oxygen atoms in total. The number of nitrogens with zero attached hydrogens (tertiary/aromatic N) is 4. The molecule has 0 aliphatic carbocycles. The van der Waals surface area contributed by atoms with Crippen LogP contribution in [0.25, 0.3) is 99.3 Å². The summed E-state index contributed by atoms with van der Waals surface area (Å²) in [5, 5.41) is 7.24. The van der Waals surface area contributed by atoms with E-state index in [0.717, 1.165) is 44.8 Å². The van der Waals surface area contributed by atoms with E-state index in [2.05, 4.69) is 173 Å². The summed E-state index contributed by atoms with van der Waals surface area (Å²) in [4.78, 5) is 10.7. The Morgan fingerprint density at radius 1 is 0.327 bits per heavy atom. The van der Waals surface area contributed by atoms with Crippen LogP contribution in [0.3, 0.4) is 0 Å². The number of benzene rings is 8. The Bertz CT molecular complexity index is 3120. The number of fused-ring (bicyclic) bond motifs is 8. The van der Waals surface area contributed by atoms with Gasteiger partial charge in [-0.1, -0.05) is 127 Å². The van der Waals surface area contributed by atoms with Crippen LogP contribution in [0, 0.1) is 0 Å². The molecule has 0 saturated carbocycles. The molecule has 0 atom stereocenters. The molecule has 0 N–H and O–H groups in total. The smallest absolute Gasteiger partial charge is 0.165 e. The minimum atomic E-state index is 0.811. The van der Waals surface area contributed by atoms with Gasteiger partial charge in [-0.2, -0.15) is 0 Å². The summed E-state index contributed by atoms with van der Waals surface area (Å²) in [7, 11) is 0. The molecule has 0 aliphatic heterocycles. The molecule has 0 amide bonds. The normalized spacial score (nSPS) is 11.8. The standard InChI is InChI=1S/C48H30N4/c1-2-12-31(13-3-1)32-22-24-33(25-23-32)47-48(50-42-19-9-8-18-41(42)49-47)52-45-27-26-36(30-40(45)39-28-34-14-4-5-15-35(34)29-46(39)52)51-43-20-10-6-16-37(43)38-17-7-11-21-44(38)51/h1-30H. The average Bonchev–Trinajstić information content (AvgIpc) is 3.71. The van der Waals surface area contributed by atoms with E-state index in [1.165, 1.54) is 54.5 Å². The lowest BCUT2D eigenvalue weighted by Gasteiger charge is -2.15. The van der Waals surface area contributed by atoms with Gasteiger partial charge in [0.25, 0.3) is 0 Å². The van der Waals surface area contributed by atoms with Crippen LogP contribution in [0.15, 0.2) is 182 Å². The van der Waals surface area contributed by atoms with Crippen LogP contribution in [-0.2, 0) is 0 Å². The second-order valence-electron chi connectivity index (χ2n) is 13.5. The minimum absolute atomic E-state index is 0.811. The fourth-order valence-corrected chi connectivity index (χ4v) is 8.05. The van der Waals surface area contributed by atoms with Crippen LogP contribution in [0.2, 0.25) is 0 Å². The molecular weight excluding hydrogens is 633 g/mol. The first kappa shape index (κ1) is 28.8. The molecule has 0 radical (unpaired) electrons. The monoisotopic (exact) mass is 662 g/mol. The van der Waals surface area contributed by atoms with Crippen LogP contribution in [0.5, 0.6) is 0 Å². The predicted molar refractivity (Wildman–Crippen MR) is 217 cm³/mol. The van der Waals surface area contributed by atoms with Crippen LogP contribution in [-0.4, -0.2) is 19.1 Å². The molecule has 0 unspecified atom stereocenters. The quantitative estimate of drug-likeness (QED) is 0.188. The summed E-state index contributed by atoms with van der Waals surface area (Å²) in [6.07, 6.45) is 0. The molecule has 0 spiro atoms. The van der Waals surface area contributed by atoms with Gasteiger partial charge in [0.2, 0.25) is 0 Å². The zero-order chi connectivity index (χ0) is 34.2. The topological polar surface area (TPSA) is 35.6 Å². The van der Waals surface area contributed by atoms with E-state index in [-0.39, 0.29) is 0 Å². The molecule has 11 aromatic rings. The van der Waals surface area contributed by atoms with Gasteiger partial charge in [-0.3, -0.25) is 4.57 Å². The van der Waals surface area contributed by atoms with E-state index in [1.54, 1.807) is 0 Å². The molecule has 0 saturated heterocycles. The van der Waals surface area contributed by atoms with E-state index in [4.69, 9.17) is 9.97 Å². The van der Waals surface area contributed by atoms with Crippen LogP contribution in [0.4, 0.5) is 0 Å². The summed E-state index contributed by atoms with van der Waals surface area (Å²) >= 11 is 0. The Kier molecular flexibility index (Phi) is 6.22. The molecule has 11 rings (SSSR count). The highest BCUT2D eigenvalue weighted by Gasteiger charge is 2.21. The molecule has 3 heterocycles. The van der Waals surface area contributed by atoms with Gasteiger partial charge in [0.05, 0.1) is 33.1 Å². The molecule has 8 aromatic carbocycles. The molecule has 242 valence electrons. The number of hydrogen-bond donors (Lipinski definition) is 0. The Morgan fingerprint density at radius 3 is 1.60 bits per heavy atom. The first-order valence-electron chi connectivity index (χ1n) is 17.7. The number of hydrogen-bond acceptors (Lipinski definition) is 2. The zero-order valence-electron chi connectivity index (χ0n) is 28.1. The summed E-state index contributed by atoms with van der Waals surface area (Å²) in [6.45, 7) is 0. The van der Waals surface area contributed by atoms with Crippen molar-refractivity contribution in [1.29, 1.82) is 0 Å². The van der Waals surface area contributed by atoms with Gasteiger partial charge >= 0.3 is 0 Å². The van der Waals surface area contributed by atoms with E-state index in [9.17, 15) is 0 Å². The van der Waals surface area contributed by atoms with Crippen LogP contribution < -0.4 is 0 Å². The number of aromatic nitrogens is 4. The van der Waals surface area contributed by atoms with Gasteiger partial charge in [-0.05, 0) is 76.5 Å². The zero-order valence-corrected chi connectivity index (χ0v) is 28.1. The Morgan fingerprint density at radius 2 is 0.865 bits per heavy atom. The lowest BCUT2D eigenvalue weighted by atomic mass is 10.0. The number of rotatable bonds is 4. The van der Waals surface area contributed by atoms with Crippen molar-refractivity contribution in [3.05, 3.63) is 182 Å². The van der Waals surface area contributed by atoms with Gasteiger partial charge < -0.3 is 4.57 Å². The van der Waals surface area contributed by atoms with E-state index in [0.29, 0.717) is 0 Å². The van der Waals surface area contributed by atoms with Crippen molar-refractivity contribution in [2.45, 2.75) is 0 Å². The third-order valence-electron chi connectivity index (χ3n) is 10.5. The van der Waals surface area contributed by atoms with Gasteiger partial charge in [-0.15, -0.1) is 0 Å². The summed E-state index contributed by atoms with van der Waals surface area (Å²) in [6, 6.07) is 64.9. The molecule has 0 bridgehead atoms. The lowest BCUT2D eigenvalue weighted by Crippen LogP contribution is -2.04. The van der Waals surface area contributed by atoms with Gasteiger partial charge in [0, 0.05) is 32.8 Å². The van der Waals surface area contributed by atoms with Crippen molar-refractivity contribution in [1.82, 2.24) is 19.1 Å². The minimum Gasteiger partial charge on any atom is -0.309 e. The van der Waals surface area contributed by atoms with Gasteiger partial charge in [0.15, 0.2) is 5.82 Å². The molecular formula is C48H30N4. The first-order chi connectivity index (χ1) is 25.8. The third-order valence-corrected chi connectivity index (χ3v) is 10.5. The highest BCUT2D eigenvalue weighted by molar-refractivity contribution is 6.15. The Labute approximate surface area is 299 Å². The number of para-hydroxylation sites is 4. The molecule has 3 aromatic heterocycles. The summed E-state index contributed by atoms with van der Waals surface area (Å²) in [5.74, 6) is 0.811. The van der Waals surface area contributed by atoms with E-state index in [1.807, 2.05) is 18.2 Å². The largest absolute Gasteiger partial charge is 0.309 e. The molecule has 0 aliphatic rings. The fraction of sp³-hybridized carbons (Fsp3) is 0. The second kappa shape index (κ2) is 11.2. The highest BCUT2D eigenvalue weighted by Crippen LogP contribution is 2.40. The summed E-state index contributed by atoms with van der Waals surface area (Å²) < 4.78 is 4.72. The Balaban J connectivity index is 1.21. The fourth-order valence-electron chi connectivity index (χ4n) is 8.05. The van der Waals surface area contributed by atoms with Gasteiger partial charge in [-0.25, -0.2) is 9.97 Å². The second-order valence-corrected chi connectivity index (χ2v) is 13.5. The van der Waals surface area contributed by atoms with Crippen molar-refractivity contribution in [2.24, 2.45) is 0 Å². The lowest BCUT2D eigenvalue weighted by molar-refractivity contribution is 1.08. The van der Waals surface area contributed by atoms with Crippen LogP contribution >= 0.6 is 0 Å². The molecule has 4 heteroatoms. The third kappa shape index (κ3) is 4.34. The maximum absolute atomic E-state index is 5.40.